The lowest BCUT2D eigenvalue weighted by Crippen LogP contribution is -2.17. The molecule has 104 valence electrons. The number of halogens is 3. The summed E-state index contributed by atoms with van der Waals surface area (Å²) in [6, 6.07) is 0.640. The molecule has 0 fully saturated rings. The van der Waals surface area contributed by atoms with Gasteiger partial charge in [-0.1, -0.05) is 0 Å². The average Bonchev–Trinajstić information content (AvgIpc) is 2.27. The number of aromatic nitrogens is 1. The molecule has 1 heterocycles. The standard InChI is InChI=1S/C11H11F3N2O3/c1-3-19-10(18)9-8(16-6(2)17)4-7(5-15-9)11(12,13)14/h4-5H,3H2,1-2H3,(H,16,17). The van der Waals surface area contributed by atoms with Crippen LogP contribution in [0.25, 0.3) is 0 Å². The lowest BCUT2D eigenvalue weighted by atomic mass is 10.2. The first kappa shape index (κ1) is 14.9. The predicted molar refractivity (Wildman–Crippen MR) is 59.5 cm³/mol. The first-order chi connectivity index (χ1) is 8.75. The number of rotatable bonds is 3. The van der Waals surface area contributed by atoms with E-state index in [4.69, 9.17) is 0 Å². The fraction of sp³-hybridized carbons (Fsp3) is 0.364. The summed E-state index contributed by atoms with van der Waals surface area (Å²) in [5.74, 6) is -1.52. The second kappa shape index (κ2) is 5.68. The number of anilines is 1. The van der Waals surface area contributed by atoms with Crippen molar-refractivity contribution in [1.29, 1.82) is 0 Å². The van der Waals surface area contributed by atoms with E-state index in [9.17, 15) is 22.8 Å². The molecule has 1 aromatic rings. The number of ether oxygens (including phenoxy) is 1. The van der Waals surface area contributed by atoms with Crippen LogP contribution in [0, 0.1) is 0 Å². The van der Waals surface area contributed by atoms with E-state index < -0.39 is 23.6 Å². The minimum Gasteiger partial charge on any atom is -0.461 e. The molecule has 1 aromatic heterocycles. The fourth-order valence-electron chi connectivity index (χ4n) is 1.27. The van der Waals surface area contributed by atoms with Gasteiger partial charge in [0.2, 0.25) is 5.91 Å². The number of hydrogen-bond acceptors (Lipinski definition) is 4. The second-order valence-corrected chi connectivity index (χ2v) is 3.52. The third kappa shape index (κ3) is 3.94. The molecule has 1 N–H and O–H groups in total. The van der Waals surface area contributed by atoms with E-state index in [0.717, 1.165) is 6.92 Å². The van der Waals surface area contributed by atoms with Crippen molar-refractivity contribution in [3.63, 3.8) is 0 Å². The van der Waals surface area contributed by atoms with Crippen LogP contribution in [-0.2, 0) is 15.7 Å². The summed E-state index contributed by atoms with van der Waals surface area (Å²) in [7, 11) is 0. The third-order valence-corrected chi connectivity index (χ3v) is 1.99. The van der Waals surface area contributed by atoms with E-state index in [1.807, 2.05) is 0 Å². The maximum absolute atomic E-state index is 12.5. The Morgan fingerprint density at radius 3 is 2.53 bits per heavy atom. The lowest BCUT2D eigenvalue weighted by Gasteiger charge is -2.12. The van der Waals surface area contributed by atoms with Gasteiger partial charge in [-0.05, 0) is 13.0 Å². The van der Waals surface area contributed by atoms with Crippen LogP contribution in [-0.4, -0.2) is 23.5 Å². The van der Waals surface area contributed by atoms with Crippen LogP contribution in [0.5, 0.6) is 0 Å². The highest BCUT2D eigenvalue weighted by Gasteiger charge is 2.32. The largest absolute Gasteiger partial charge is 0.461 e. The molecule has 0 atom stereocenters. The SMILES string of the molecule is CCOC(=O)c1ncc(C(F)(F)F)cc1NC(C)=O. The summed E-state index contributed by atoms with van der Waals surface area (Å²) in [4.78, 5) is 25.8. The van der Waals surface area contributed by atoms with Gasteiger partial charge in [0.25, 0.3) is 0 Å². The molecule has 0 saturated carbocycles. The van der Waals surface area contributed by atoms with Crippen molar-refractivity contribution in [1.82, 2.24) is 4.98 Å². The van der Waals surface area contributed by atoms with Gasteiger partial charge in [-0.2, -0.15) is 13.2 Å². The number of carbonyl (C=O) groups excluding carboxylic acids is 2. The van der Waals surface area contributed by atoms with Gasteiger partial charge in [0, 0.05) is 13.1 Å². The minimum atomic E-state index is -4.62. The van der Waals surface area contributed by atoms with Gasteiger partial charge >= 0.3 is 12.1 Å². The van der Waals surface area contributed by atoms with Crippen molar-refractivity contribution in [2.24, 2.45) is 0 Å². The summed E-state index contributed by atoms with van der Waals surface area (Å²) >= 11 is 0. The fourth-order valence-corrected chi connectivity index (χ4v) is 1.27. The Morgan fingerprint density at radius 2 is 2.05 bits per heavy atom. The van der Waals surface area contributed by atoms with E-state index >= 15 is 0 Å². The van der Waals surface area contributed by atoms with E-state index in [1.54, 1.807) is 6.92 Å². The van der Waals surface area contributed by atoms with Gasteiger partial charge in [0.05, 0.1) is 17.9 Å². The van der Waals surface area contributed by atoms with Gasteiger partial charge in [0.15, 0.2) is 5.69 Å². The van der Waals surface area contributed by atoms with Gasteiger partial charge in [-0.15, -0.1) is 0 Å². The molecular weight excluding hydrogens is 265 g/mol. The Labute approximate surface area is 106 Å². The zero-order valence-corrected chi connectivity index (χ0v) is 10.2. The predicted octanol–water partition coefficient (Wildman–Crippen LogP) is 2.24. The Balaban J connectivity index is 3.24. The van der Waals surface area contributed by atoms with E-state index in [1.165, 1.54) is 0 Å². The Morgan fingerprint density at radius 1 is 1.42 bits per heavy atom. The van der Waals surface area contributed by atoms with E-state index in [0.29, 0.717) is 12.3 Å². The molecule has 1 amide bonds. The molecule has 0 aliphatic heterocycles. The summed E-state index contributed by atoms with van der Waals surface area (Å²) < 4.78 is 42.2. The number of hydrogen-bond donors (Lipinski definition) is 1. The molecule has 0 aromatic carbocycles. The maximum Gasteiger partial charge on any atom is 0.417 e. The molecule has 0 unspecified atom stereocenters. The van der Waals surface area contributed by atoms with Crippen LogP contribution in [0.1, 0.15) is 29.9 Å². The zero-order valence-electron chi connectivity index (χ0n) is 10.2. The summed E-state index contributed by atoms with van der Waals surface area (Å²) in [5, 5.41) is 2.12. The van der Waals surface area contributed by atoms with Gasteiger partial charge in [0.1, 0.15) is 0 Å². The minimum absolute atomic E-state index is 0.0427. The van der Waals surface area contributed by atoms with Crippen LogP contribution < -0.4 is 5.32 Å². The number of pyridine rings is 1. The van der Waals surface area contributed by atoms with Crippen molar-refractivity contribution in [2.75, 3.05) is 11.9 Å². The highest BCUT2D eigenvalue weighted by molar-refractivity contribution is 5.99. The van der Waals surface area contributed by atoms with E-state index in [-0.39, 0.29) is 18.0 Å². The quantitative estimate of drug-likeness (QED) is 0.860. The van der Waals surface area contributed by atoms with Crippen LogP contribution in [0.3, 0.4) is 0 Å². The van der Waals surface area contributed by atoms with Crippen molar-refractivity contribution < 1.29 is 27.5 Å². The first-order valence-corrected chi connectivity index (χ1v) is 5.27. The molecule has 8 heteroatoms. The molecule has 0 radical (unpaired) electrons. The molecule has 19 heavy (non-hydrogen) atoms. The number of esters is 1. The smallest absolute Gasteiger partial charge is 0.417 e. The molecule has 0 aliphatic rings. The Hall–Kier alpha value is -2.12. The van der Waals surface area contributed by atoms with Gasteiger partial charge in [-0.25, -0.2) is 9.78 Å². The van der Waals surface area contributed by atoms with Crippen LogP contribution in [0.4, 0.5) is 18.9 Å². The number of alkyl halides is 3. The zero-order chi connectivity index (χ0) is 14.6. The molecule has 0 aliphatic carbocycles. The maximum atomic E-state index is 12.5. The monoisotopic (exact) mass is 276 g/mol. The number of nitrogens with zero attached hydrogens (tertiary/aromatic N) is 1. The van der Waals surface area contributed by atoms with Crippen LogP contribution in [0.2, 0.25) is 0 Å². The topological polar surface area (TPSA) is 68.3 Å². The molecule has 0 spiro atoms. The average molecular weight is 276 g/mol. The van der Waals surface area contributed by atoms with Gasteiger partial charge < -0.3 is 10.1 Å². The van der Waals surface area contributed by atoms with Crippen molar-refractivity contribution >= 4 is 17.6 Å². The number of nitrogens with one attached hydrogen (secondary N) is 1. The third-order valence-electron chi connectivity index (χ3n) is 1.99. The van der Waals surface area contributed by atoms with Crippen LogP contribution >= 0.6 is 0 Å². The second-order valence-electron chi connectivity index (χ2n) is 3.52. The van der Waals surface area contributed by atoms with Crippen molar-refractivity contribution in [2.45, 2.75) is 20.0 Å². The summed E-state index contributed by atoms with van der Waals surface area (Å²) in [6.45, 7) is 2.69. The molecule has 5 nitrogen and oxygen atoms in total. The number of amides is 1. The lowest BCUT2D eigenvalue weighted by molar-refractivity contribution is -0.137. The number of carbonyl (C=O) groups is 2. The van der Waals surface area contributed by atoms with E-state index in [2.05, 4.69) is 15.0 Å². The highest BCUT2D eigenvalue weighted by Crippen LogP contribution is 2.31. The molecular formula is C11H11F3N2O3. The highest BCUT2D eigenvalue weighted by atomic mass is 19.4. The van der Waals surface area contributed by atoms with Crippen molar-refractivity contribution in [3.8, 4) is 0 Å². The Kier molecular flexibility index (Phi) is 4.47. The van der Waals surface area contributed by atoms with Gasteiger partial charge in [-0.3, -0.25) is 4.79 Å². The normalized spacial score (nSPS) is 11.0. The summed E-state index contributed by atoms with van der Waals surface area (Å²) in [6.07, 6.45) is -4.11. The van der Waals surface area contributed by atoms with Crippen molar-refractivity contribution in [3.05, 3.63) is 23.5 Å². The first-order valence-electron chi connectivity index (χ1n) is 5.27. The molecule has 0 saturated heterocycles. The molecule has 0 bridgehead atoms. The summed E-state index contributed by atoms with van der Waals surface area (Å²) in [5.41, 5.74) is -1.77. The Bertz CT molecular complexity index is 500. The van der Waals surface area contributed by atoms with Crippen LogP contribution in [0.15, 0.2) is 12.3 Å². The molecule has 1 rings (SSSR count).